The first-order valence-electron chi connectivity index (χ1n) is 8.50. The predicted octanol–water partition coefficient (Wildman–Crippen LogP) is 3.01. The van der Waals surface area contributed by atoms with Gasteiger partial charge in [0.1, 0.15) is 0 Å². The van der Waals surface area contributed by atoms with Crippen molar-refractivity contribution in [2.75, 3.05) is 31.3 Å². The zero-order chi connectivity index (χ0) is 20.5. The van der Waals surface area contributed by atoms with Crippen LogP contribution in [0.2, 0.25) is 0 Å². The molecule has 0 aliphatic carbocycles. The number of thioether (sulfide) groups is 1. The minimum absolute atomic E-state index is 0.000531. The number of amides is 1. The van der Waals surface area contributed by atoms with Gasteiger partial charge in [-0.05, 0) is 25.1 Å². The molecule has 2 N–H and O–H groups in total. The zero-order valence-electron chi connectivity index (χ0n) is 15.6. The molecular weight excluding hydrogens is 382 g/mol. The lowest BCUT2D eigenvalue weighted by Crippen LogP contribution is -2.30. The Labute approximate surface area is 166 Å². The summed E-state index contributed by atoms with van der Waals surface area (Å²) in [6.45, 7) is 1.98. The van der Waals surface area contributed by atoms with Gasteiger partial charge in [0.15, 0.2) is 6.61 Å². The Balaban J connectivity index is 1.79. The van der Waals surface area contributed by atoms with E-state index in [1.807, 2.05) is 31.2 Å². The minimum atomic E-state index is -0.808. The normalized spacial score (nSPS) is 10.2. The van der Waals surface area contributed by atoms with E-state index in [0.29, 0.717) is 18.0 Å². The van der Waals surface area contributed by atoms with Crippen molar-refractivity contribution in [1.82, 2.24) is 5.32 Å². The van der Waals surface area contributed by atoms with Crippen LogP contribution in [0, 0.1) is 17.0 Å². The minimum Gasteiger partial charge on any atom is -0.452 e. The van der Waals surface area contributed by atoms with Crippen LogP contribution in [0.1, 0.15) is 15.9 Å². The third-order valence-corrected chi connectivity index (χ3v) is 4.77. The van der Waals surface area contributed by atoms with Gasteiger partial charge in [0.25, 0.3) is 11.6 Å². The second-order valence-electron chi connectivity index (χ2n) is 5.82. The Bertz CT molecular complexity index is 855. The summed E-state index contributed by atoms with van der Waals surface area (Å²) >= 11 is 1.61. The number of aryl methyl sites for hydroxylation is 1. The van der Waals surface area contributed by atoms with Gasteiger partial charge in [-0.2, -0.15) is 0 Å². The number of non-ortho nitro benzene ring substituents is 1. The molecule has 0 bridgehead atoms. The number of nitrogens with zero attached hydrogens (tertiary/aromatic N) is 1. The van der Waals surface area contributed by atoms with Gasteiger partial charge in [0.05, 0.1) is 10.5 Å². The molecule has 2 rings (SSSR count). The molecule has 0 atom stereocenters. The number of nitro benzene ring substituents is 1. The molecule has 0 heterocycles. The van der Waals surface area contributed by atoms with E-state index in [2.05, 4.69) is 10.6 Å². The van der Waals surface area contributed by atoms with Crippen LogP contribution in [0.4, 0.5) is 11.4 Å². The molecule has 2 aromatic carbocycles. The highest BCUT2D eigenvalue weighted by molar-refractivity contribution is 7.99. The van der Waals surface area contributed by atoms with Gasteiger partial charge in [-0.1, -0.05) is 17.7 Å². The molecule has 148 valence electrons. The van der Waals surface area contributed by atoms with E-state index in [9.17, 15) is 19.7 Å². The quantitative estimate of drug-likeness (QED) is 0.218. The third kappa shape index (κ3) is 6.27. The van der Waals surface area contributed by atoms with Gasteiger partial charge < -0.3 is 15.4 Å². The molecule has 1 amide bonds. The van der Waals surface area contributed by atoms with Crippen LogP contribution in [-0.2, 0) is 9.53 Å². The monoisotopic (exact) mass is 403 g/mol. The predicted molar refractivity (Wildman–Crippen MR) is 108 cm³/mol. The molecule has 0 fully saturated rings. The zero-order valence-corrected chi connectivity index (χ0v) is 16.4. The lowest BCUT2D eigenvalue weighted by Gasteiger charge is -2.09. The van der Waals surface area contributed by atoms with Crippen molar-refractivity contribution in [1.29, 1.82) is 0 Å². The molecule has 0 aromatic heterocycles. The van der Waals surface area contributed by atoms with Gasteiger partial charge in [0.2, 0.25) is 0 Å². The molecule has 2 aromatic rings. The maximum Gasteiger partial charge on any atom is 0.341 e. The van der Waals surface area contributed by atoms with Crippen molar-refractivity contribution in [3.05, 3.63) is 63.7 Å². The Morgan fingerprint density at radius 1 is 1.18 bits per heavy atom. The smallest absolute Gasteiger partial charge is 0.341 e. The van der Waals surface area contributed by atoms with Crippen LogP contribution in [0.3, 0.4) is 0 Å². The SMILES string of the molecule is CNc1ccc([N+](=O)[O-])cc1C(=O)OCC(=O)NCCSc1ccc(C)cc1. The molecule has 0 aliphatic rings. The van der Waals surface area contributed by atoms with Crippen LogP contribution >= 0.6 is 11.8 Å². The summed E-state index contributed by atoms with van der Waals surface area (Å²) in [5.41, 5.74) is 1.33. The summed E-state index contributed by atoms with van der Waals surface area (Å²) in [7, 11) is 1.58. The van der Waals surface area contributed by atoms with Crippen LogP contribution in [0.5, 0.6) is 0 Å². The van der Waals surface area contributed by atoms with Crippen molar-refractivity contribution in [3.8, 4) is 0 Å². The standard InChI is InChI=1S/C19H21N3O5S/c1-13-3-6-15(7-4-13)28-10-9-21-18(23)12-27-19(24)16-11-14(22(25)26)5-8-17(16)20-2/h3-8,11,20H,9-10,12H2,1-2H3,(H,21,23). The van der Waals surface area contributed by atoms with E-state index in [4.69, 9.17) is 4.74 Å². The topological polar surface area (TPSA) is 111 Å². The summed E-state index contributed by atoms with van der Waals surface area (Å²) in [6.07, 6.45) is 0. The van der Waals surface area contributed by atoms with Gasteiger partial charge in [0, 0.05) is 42.1 Å². The molecule has 28 heavy (non-hydrogen) atoms. The molecule has 0 unspecified atom stereocenters. The Hall–Kier alpha value is -3.07. The van der Waals surface area contributed by atoms with Crippen LogP contribution < -0.4 is 10.6 Å². The van der Waals surface area contributed by atoms with Crippen molar-refractivity contribution in [2.24, 2.45) is 0 Å². The Morgan fingerprint density at radius 3 is 2.54 bits per heavy atom. The summed E-state index contributed by atoms with van der Waals surface area (Å²) in [5, 5.41) is 16.3. The Morgan fingerprint density at radius 2 is 1.89 bits per heavy atom. The number of hydrogen-bond acceptors (Lipinski definition) is 7. The Kier molecular flexibility index (Phi) is 7.82. The van der Waals surface area contributed by atoms with Gasteiger partial charge in [-0.15, -0.1) is 11.8 Å². The second kappa shape index (κ2) is 10.3. The summed E-state index contributed by atoms with van der Waals surface area (Å²) in [6, 6.07) is 11.9. The number of rotatable bonds is 9. The van der Waals surface area contributed by atoms with Crippen LogP contribution in [0.15, 0.2) is 47.4 Å². The lowest BCUT2D eigenvalue weighted by molar-refractivity contribution is -0.384. The van der Waals surface area contributed by atoms with Gasteiger partial charge >= 0.3 is 5.97 Å². The fourth-order valence-corrected chi connectivity index (χ4v) is 3.05. The van der Waals surface area contributed by atoms with Gasteiger partial charge in [-0.25, -0.2) is 4.79 Å². The molecular formula is C19H21N3O5S. The summed E-state index contributed by atoms with van der Waals surface area (Å²) in [4.78, 5) is 35.4. The number of carbonyl (C=O) groups excluding carboxylic acids is 2. The van der Waals surface area contributed by atoms with Crippen LogP contribution in [0.25, 0.3) is 0 Å². The molecule has 0 saturated heterocycles. The number of benzene rings is 2. The van der Waals surface area contributed by atoms with Crippen molar-refractivity contribution in [3.63, 3.8) is 0 Å². The van der Waals surface area contributed by atoms with Crippen molar-refractivity contribution < 1.29 is 19.2 Å². The first-order chi connectivity index (χ1) is 13.4. The van der Waals surface area contributed by atoms with Crippen molar-refractivity contribution in [2.45, 2.75) is 11.8 Å². The third-order valence-electron chi connectivity index (χ3n) is 3.75. The summed E-state index contributed by atoms with van der Waals surface area (Å²) in [5.74, 6) is -0.566. The van der Waals surface area contributed by atoms with E-state index in [0.717, 1.165) is 11.0 Å². The number of carbonyl (C=O) groups is 2. The largest absolute Gasteiger partial charge is 0.452 e. The maximum atomic E-state index is 12.2. The number of esters is 1. The van der Waals surface area contributed by atoms with Gasteiger partial charge in [-0.3, -0.25) is 14.9 Å². The molecule has 0 saturated carbocycles. The lowest BCUT2D eigenvalue weighted by atomic mass is 10.1. The van der Waals surface area contributed by atoms with E-state index < -0.39 is 23.4 Å². The average molecular weight is 403 g/mol. The first-order valence-corrected chi connectivity index (χ1v) is 9.48. The van der Waals surface area contributed by atoms with E-state index in [-0.39, 0.29) is 11.3 Å². The maximum absolute atomic E-state index is 12.2. The average Bonchev–Trinajstić information content (AvgIpc) is 2.70. The summed E-state index contributed by atoms with van der Waals surface area (Å²) < 4.78 is 4.98. The molecule has 8 nitrogen and oxygen atoms in total. The second-order valence-corrected chi connectivity index (χ2v) is 6.99. The van der Waals surface area contributed by atoms with E-state index in [1.165, 1.54) is 17.7 Å². The molecule has 0 spiro atoms. The van der Waals surface area contributed by atoms with Crippen LogP contribution in [-0.4, -0.2) is 42.8 Å². The highest BCUT2D eigenvalue weighted by Crippen LogP contribution is 2.22. The highest BCUT2D eigenvalue weighted by Gasteiger charge is 2.18. The number of ether oxygens (including phenoxy) is 1. The molecule has 0 radical (unpaired) electrons. The number of anilines is 1. The molecule has 9 heteroatoms. The van der Waals surface area contributed by atoms with E-state index >= 15 is 0 Å². The number of nitrogens with one attached hydrogen (secondary N) is 2. The number of hydrogen-bond donors (Lipinski definition) is 2. The fourth-order valence-electron chi connectivity index (χ4n) is 2.29. The first kappa shape index (κ1) is 21.2. The number of nitro groups is 1. The molecule has 0 aliphatic heterocycles. The highest BCUT2D eigenvalue weighted by atomic mass is 32.2. The van der Waals surface area contributed by atoms with E-state index in [1.54, 1.807) is 18.8 Å². The fraction of sp³-hybridized carbons (Fsp3) is 0.263. The van der Waals surface area contributed by atoms with Crippen molar-refractivity contribution >= 4 is 35.0 Å².